The van der Waals surface area contributed by atoms with Gasteiger partial charge in [0.1, 0.15) is 23.6 Å². The third-order valence-electron chi connectivity index (χ3n) is 12.9. The molecule has 0 aliphatic heterocycles. The number of aryl methyl sites for hydroxylation is 1. The number of hydrogen-bond acceptors (Lipinski definition) is 19. The summed E-state index contributed by atoms with van der Waals surface area (Å²) in [5, 5.41) is 30.1. The summed E-state index contributed by atoms with van der Waals surface area (Å²) < 4.78 is 18.4. The minimum atomic E-state index is -1.39. The normalized spacial score (nSPS) is 10.5. The smallest absolute Gasteiger partial charge is 0.379 e. The molecule has 0 atom stereocenters. The highest BCUT2D eigenvalue weighted by Gasteiger charge is 2.28. The molecule has 0 heterocycles. The van der Waals surface area contributed by atoms with Crippen molar-refractivity contribution >= 4 is 81.9 Å². The molecule has 0 spiro atoms. The fourth-order valence-electron chi connectivity index (χ4n) is 7.97. The second-order valence-electron chi connectivity index (χ2n) is 23.1. The van der Waals surface area contributed by atoms with Gasteiger partial charge in [-0.05, 0) is 170 Å². The van der Waals surface area contributed by atoms with E-state index in [2.05, 4.69) is 68.4 Å². The molecule has 0 saturated heterocycles. The summed E-state index contributed by atoms with van der Waals surface area (Å²) in [6.45, 7) is 31.0. The van der Waals surface area contributed by atoms with Gasteiger partial charge in [-0.2, -0.15) is 0 Å². The largest absolute Gasteiger partial charge is 0.492 e. The topological polar surface area (TPSA) is 347 Å². The number of amides is 4. The van der Waals surface area contributed by atoms with Crippen LogP contribution in [0.15, 0.2) is 185 Å². The molecule has 4 amide bonds. The summed E-state index contributed by atoms with van der Waals surface area (Å²) in [4.78, 5) is 147. The van der Waals surface area contributed by atoms with Crippen LogP contribution in [-0.4, -0.2) is 143 Å². The highest BCUT2D eigenvalue weighted by atomic mass is 16.5. The zero-order chi connectivity index (χ0) is 73.9. The van der Waals surface area contributed by atoms with E-state index >= 15 is 0 Å². The molecule has 0 radical (unpaired) electrons. The minimum Gasteiger partial charge on any atom is -0.492 e. The minimum absolute atomic E-state index is 0.0234. The van der Waals surface area contributed by atoms with Crippen molar-refractivity contribution in [2.75, 3.05) is 39.8 Å². The van der Waals surface area contributed by atoms with Crippen LogP contribution >= 0.6 is 0 Å². The Balaban J connectivity index is 0.000000608. The van der Waals surface area contributed by atoms with Crippen LogP contribution in [-0.2, 0) is 71.8 Å². The SMILES string of the molecule is C=CC(=O)CCc1ccc(C(=O)C(=O)OC)cc1.C=CC(=O)NC(C)(C)Cc1ccc(C(=O)C(=O)OC)cc1.C=CC(=O)NC(C)(C)Cc1ccc(C(=O)C(C)(C)O)cc1.C=CC(=O)NCCOc1ccc(C(=O)C(C)(C)O)cc1.C=CC(=O)Nc1ccc(C(=O)C(=O)OC)cc1. The number of Topliss-reactive ketones (excluding diaryl/α,β-unsaturated/α-hetero) is 5. The first kappa shape index (κ1) is 83.8. The summed E-state index contributed by atoms with van der Waals surface area (Å²) in [5.74, 6) is -5.92. The lowest BCUT2D eigenvalue weighted by Gasteiger charge is -2.26. The van der Waals surface area contributed by atoms with Gasteiger partial charge >= 0.3 is 17.9 Å². The molecule has 5 aromatic rings. The molecule has 0 unspecified atom stereocenters. The molecule has 516 valence electrons. The van der Waals surface area contributed by atoms with Gasteiger partial charge in [0.25, 0.3) is 17.3 Å². The van der Waals surface area contributed by atoms with E-state index in [0.717, 1.165) is 37.0 Å². The third kappa shape index (κ3) is 32.0. The molecule has 0 aromatic heterocycles. The first-order valence-corrected chi connectivity index (χ1v) is 29.7. The third-order valence-corrected chi connectivity index (χ3v) is 12.9. The molecular weight excluding hydrogens is 1250 g/mol. The van der Waals surface area contributed by atoms with E-state index < -0.39 is 57.5 Å². The average Bonchev–Trinajstić information content (AvgIpc) is 0.966. The van der Waals surface area contributed by atoms with Gasteiger partial charge in [-0.15, -0.1) is 0 Å². The Kier molecular flexibility index (Phi) is 35.3. The van der Waals surface area contributed by atoms with Gasteiger partial charge in [-0.3, -0.25) is 47.9 Å². The van der Waals surface area contributed by atoms with Crippen LogP contribution < -0.4 is 26.0 Å². The lowest BCUT2D eigenvalue weighted by molar-refractivity contribution is -0.135. The van der Waals surface area contributed by atoms with Crippen molar-refractivity contribution < 1.29 is 91.5 Å². The molecule has 0 bridgehead atoms. The molecule has 23 heteroatoms. The van der Waals surface area contributed by atoms with Crippen LogP contribution in [0.25, 0.3) is 0 Å². The van der Waals surface area contributed by atoms with Gasteiger partial charge in [0.05, 0.1) is 27.9 Å². The van der Waals surface area contributed by atoms with Crippen LogP contribution in [0.3, 0.4) is 0 Å². The number of esters is 3. The van der Waals surface area contributed by atoms with Crippen molar-refractivity contribution in [3.05, 3.63) is 229 Å². The first-order valence-electron chi connectivity index (χ1n) is 29.7. The average molecular weight is 1340 g/mol. The van der Waals surface area contributed by atoms with Gasteiger partial charge in [-0.1, -0.05) is 106 Å². The van der Waals surface area contributed by atoms with E-state index in [1.54, 1.807) is 84.9 Å². The van der Waals surface area contributed by atoms with E-state index in [-0.39, 0.29) is 57.7 Å². The second kappa shape index (κ2) is 40.8. The predicted molar refractivity (Wildman–Crippen MR) is 366 cm³/mol. The first-order chi connectivity index (χ1) is 45.3. The molecule has 5 rings (SSSR count). The van der Waals surface area contributed by atoms with Crippen LogP contribution in [0.1, 0.15) is 130 Å². The van der Waals surface area contributed by atoms with Crippen molar-refractivity contribution in [1.29, 1.82) is 0 Å². The summed E-state index contributed by atoms with van der Waals surface area (Å²) in [6, 6.07) is 32.6. The van der Waals surface area contributed by atoms with Crippen molar-refractivity contribution in [2.45, 2.75) is 103 Å². The zero-order valence-electron chi connectivity index (χ0n) is 56.5. The van der Waals surface area contributed by atoms with E-state index in [1.165, 1.54) is 83.4 Å². The highest BCUT2D eigenvalue weighted by Crippen LogP contribution is 2.20. The van der Waals surface area contributed by atoms with Crippen molar-refractivity contribution in [3.63, 3.8) is 0 Å². The molecular formula is C74H86N4O19. The number of nitrogens with one attached hydrogen (secondary N) is 4. The summed E-state index contributed by atoms with van der Waals surface area (Å²) in [7, 11) is 3.47. The second-order valence-corrected chi connectivity index (χ2v) is 23.1. The molecule has 0 fully saturated rings. The summed E-state index contributed by atoms with van der Waals surface area (Å²) >= 11 is 0. The number of hydrogen-bond donors (Lipinski definition) is 6. The molecule has 5 aromatic carbocycles. The number of carbonyl (C=O) groups is 13. The quantitative estimate of drug-likeness (QED) is 0.00656. The molecule has 97 heavy (non-hydrogen) atoms. The number of ether oxygens (including phenoxy) is 4. The maximum Gasteiger partial charge on any atom is 0.379 e. The van der Waals surface area contributed by atoms with E-state index in [1.807, 2.05) is 39.8 Å². The van der Waals surface area contributed by atoms with Gasteiger partial charge in [0.15, 0.2) is 17.3 Å². The van der Waals surface area contributed by atoms with E-state index in [4.69, 9.17) is 4.74 Å². The zero-order valence-corrected chi connectivity index (χ0v) is 56.5. The number of rotatable bonds is 29. The Labute approximate surface area is 565 Å². The monoisotopic (exact) mass is 1330 g/mol. The number of aliphatic hydroxyl groups is 2. The summed E-state index contributed by atoms with van der Waals surface area (Å²) in [5.41, 5.74) is 1.39. The van der Waals surface area contributed by atoms with Crippen LogP contribution in [0, 0.1) is 0 Å². The number of ketones is 6. The molecule has 23 nitrogen and oxygen atoms in total. The van der Waals surface area contributed by atoms with Crippen LogP contribution in [0.4, 0.5) is 5.69 Å². The highest BCUT2D eigenvalue weighted by molar-refractivity contribution is 6.41. The Morgan fingerprint density at radius 2 is 0.732 bits per heavy atom. The molecule has 0 aliphatic carbocycles. The lowest BCUT2D eigenvalue weighted by atomic mass is 9.92. The van der Waals surface area contributed by atoms with Gasteiger partial charge in [-0.25, -0.2) is 14.4 Å². The number of benzene rings is 5. The Morgan fingerprint density at radius 1 is 0.412 bits per heavy atom. The molecule has 0 saturated carbocycles. The van der Waals surface area contributed by atoms with Crippen LogP contribution in [0.2, 0.25) is 0 Å². The number of methoxy groups -OCH3 is 3. The van der Waals surface area contributed by atoms with Crippen molar-refractivity contribution in [1.82, 2.24) is 16.0 Å². The van der Waals surface area contributed by atoms with Crippen molar-refractivity contribution in [2.24, 2.45) is 0 Å². The summed E-state index contributed by atoms with van der Waals surface area (Å²) in [6.07, 6.45) is 8.25. The van der Waals surface area contributed by atoms with Gasteiger partial charge < -0.3 is 50.4 Å². The maximum absolute atomic E-state index is 11.9. The van der Waals surface area contributed by atoms with Gasteiger partial charge in [0.2, 0.25) is 23.6 Å². The molecule has 6 N–H and O–H groups in total. The number of anilines is 1. The lowest BCUT2D eigenvalue weighted by Crippen LogP contribution is -2.44. The van der Waals surface area contributed by atoms with Gasteiger partial charge in [0, 0.05) is 51.0 Å². The maximum atomic E-state index is 11.9. The Bertz CT molecular complexity index is 3630. The number of carbonyl (C=O) groups excluding carboxylic acids is 13. The van der Waals surface area contributed by atoms with E-state index in [0.29, 0.717) is 61.4 Å². The number of allylic oxidation sites excluding steroid dienone is 1. The van der Waals surface area contributed by atoms with Crippen LogP contribution in [0.5, 0.6) is 5.75 Å². The Hall–Kier alpha value is -11.2. The fourth-order valence-corrected chi connectivity index (χ4v) is 7.97. The van der Waals surface area contributed by atoms with Crippen molar-refractivity contribution in [3.8, 4) is 5.75 Å². The fraction of sp³-hybridized carbons (Fsp3) is 0.284. The van der Waals surface area contributed by atoms with E-state index in [9.17, 15) is 72.5 Å². The Morgan fingerprint density at radius 3 is 1.05 bits per heavy atom. The predicted octanol–water partition coefficient (Wildman–Crippen LogP) is 8.15. The molecule has 0 aliphatic rings. The standard InChI is InChI=1S/C17H23NO3.C16H19NO4.C15H19NO4.C14H14O4.C12H11NO4/c1-6-14(19)18-16(2,3)11-12-7-9-13(10-8-12)15(20)17(4,5)21;1-5-13(18)17-16(2,3)10-11-6-8-12(9-7-11)14(19)15(20)21-4;1-4-13(17)16-9-10-20-12-7-5-11(6-8-12)14(18)15(2,3)19;1-3-12(15)9-6-10-4-7-11(8-5-10)13(16)14(17)18-2;1-3-10(14)13-9-6-4-8(5-7-9)11(15)12(16)17-2/h6-10,21H,1,11H2,2-5H3,(H,18,19);5-9H,1,10H2,2-4H3,(H,17,18);4-8,19H,1,9-10H2,2-3H3,(H,16,17);3-5,7-8H,1,6,9H2,2H3;3-7H,1H2,2H3,(H,13,14).